The van der Waals surface area contributed by atoms with Crippen molar-refractivity contribution in [3.63, 3.8) is 0 Å². The van der Waals surface area contributed by atoms with E-state index in [9.17, 15) is 14.5 Å². The number of rotatable bonds is 7. The molecule has 2 aromatic carbocycles. The minimum Gasteiger partial charge on any atom is -0.383 e. The lowest BCUT2D eigenvalue weighted by Crippen LogP contribution is -2.39. The van der Waals surface area contributed by atoms with Crippen LogP contribution in [0.2, 0.25) is 0 Å². The molecule has 0 bridgehead atoms. The van der Waals surface area contributed by atoms with Crippen molar-refractivity contribution in [2.45, 2.75) is 6.54 Å². The first kappa shape index (κ1) is 18.2. The molecule has 0 aromatic heterocycles. The van der Waals surface area contributed by atoms with Crippen LogP contribution in [-0.2, 0) is 6.54 Å². The highest BCUT2D eigenvalue weighted by Crippen LogP contribution is 2.14. The summed E-state index contributed by atoms with van der Waals surface area (Å²) in [6.07, 6.45) is 0. The maximum absolute atomic E-state index is 12.9. The van der Waals surface area contributed by atoms with Crippen molar-refractivity contribution in [2.75, 3.05) is 25.5 Å². The topological polar surface area (TPSA) is 91.6 Å². The number of guanidine groups is 1. The Morgan fingerprint density at radius 3 is 2.36 bits per heavy atom. The van der Waals surface area contributed by atoms with Gasteiger partial charge in [-0.3, -0.25) is 15.1 Å². The van der Waals surface area contributed by atoms with Crippen LogP contribution in [-0.4, -0.2) is 31.0 Å². The lowest BCUT2D eigenvalue weighted by atomic mass is 10.2. The van der Waals surface area contributed by atoms with Gasteiger partial charge in [0.2, 0.25) is 0 Å². The Labute approximate surface area is 145 Å². The first-order valence-electron chi connectivity index (χ1n) is 7.76. The van der Waals surface area contributed by atoms with Crippen LogP contribution in [0.5, 0.6) is 0 Å². The first-order valence-corrected chi connectivity index (χ1v) is 7.76. The van der Waals surface area contributed by atoms with E-state index in [0.29, 0.717) is 25.6 Å². The largest absolute Gasteiger partial charge is 0.383 e. The number of anilines is 1. The molecule has 8 heteroatoms. The Kier molecular flexibility index (Phi) is 6.70. The number of non-ortho nitro benzene ring substituents is 1. The van der Waals surface area contributed by atoms with Gasteiger partial charge in [0.25, 0.3) is 5.69 Å². The zero-order chi connectivity index (χ0) is 18.1. The molecule has 0 saturated carbocycles. The van der Waals surface area contributed by atoms with E-state index in [4.69, 9.17) is 0 Å². The Morgan fingerprint density at radius 1 is 1.08 bits per heavy atom. The van der Waals surface area contributed by atoms with Crippen LogP contribution >= 0.6 is 0 Å². The second kappa shape index (κ2) is 9.21. The number of nitrogens with zero attached hydrogens (tertiary/aromatic N) is 2. The molecule has 25 heavy (non-hydrogen) atoms. The van der Waals surface area contributed by atoms with Gasteiger partial charge in [0.05, 0.1) is 4.92 Å². The van der Waals surface area contributed by atoms with Crippen LogP contribution < -0.4 is 16.0 Å². The van der Waals surface area contributed by atoms with Gasteiger partial charge in [0.1, 0.15) is 5.82 Å². The summed E-state index contributed by atoms with van der Waals surface area (Å²) in [5.74, 6) is 0.374. The third-order valence-electron chi connectivity index (χ3n) is 3.42. The second-order valence-corrected chi connectivity index (χ2v) is 5.21. The van der Waals surface area contributed by atoms with Gasteiger partial charge in [-0.15, -0.1) is 0 Å². The molecule has 2 aromatic rings. The molecule has 0 atom stereocenters. The molecule has 0 aliphatic carbocycles. The highest BCUT2D eigenvalue weighted by atomic mass is 19.1. The molecule has 7 nitrogen and oxygen atoms in total. The number of nitro benzene ring substituents is 1. The highest BCUT2D eigenvalue weighted by molar-refractivity contribution is 5.79. The molecule has 0 saturated heterocycles. The Bertz CT molecular complexity index is 717. The summed E-state index contributed by atoms with van der Waals surface area (Å²) in [6.45, 7) is 1.77. The molecule has 0 unspecified atom stereocenters. The van der Waals surface area contributed by atoms with E-state index in [2.05, 4.69) is 20.9 Å². The number of hydrogen-bond acceptors (Lipinski definition) is 4. The smallest absolute Gasteiger partial charge is 0.269 e. The van der Waals surface area contributed by atoms with Crippen molar-refractivity contribution in [1.29, 1.82) is 0 Å². The average Bonchev–Trinajstić information content (AvgIpc) is 2.63. The number of hydrogen-bond donors (Lipinski definition) is 3. The van der Waals surface area contributed by atoms with Crippen LogP contribution in [0.15, 0.2) is 53.5 Å². The van der Waals surface area contributed by atoms with Gasteiger partial charge in [0.15, 0.2) is 5.96 Å². The second-order valence-electron chi connectivity index (χ2n) is 5.21. The molecule has 3 N–H and O–H groups in total. The lowest BCUT2D eigenvalue weighted by Gasteiger charge is -2.13. The molecule has 0 amide bonds. The Morgan fingerprint density at radius 2 is 1.76 bits per heavy atom. The normalized spacial score (nSPS) is 11.0. The fraction of sp³-hybridized carbons (Fsp3) is 0.235. The molecule has 132 valence electrons. The van der Waals surface area contributed by atoms with Crippen LogP contribution in [0.25, 0.3) is 0 Å². The van der Waals surface area contributed by atoms with E-state index in [1.807, 2.05) is 0 Å². The van der Waals surface area contributed by atoms with Gasteiger partial charge in [-0.25, -0.2) is 4.39 Å². The number of halogens is 1. The van der Waals surface area contributed by atoms with Crippen molar-refractivity contribution in [2.24, 2.45) is 4.99 Å². The van der Waals surface area contributed by atoms with Crippen molar-refractivity contribution in [3.8, 4) is 0 Å². The monoisotopic (exact) mass is 345 g/mol. The minimum atomic E-state index is -0.428. The number of benzene rings is 2. The molecule has 0 fully saturated rings. The predicted molar refractivity (Wildman–Crippen MR) is 96.2 cm³/mol. The SMILES string of the molecule is CN=C(NCCNc1ccc([N+](=O)[O-])cc1)NCc1ccc(F)cc1. The van der Waals surface area contributed by atoms with Gasteiger partial charge < -0.3 is 16.0 Å². The number of aliphatic imine (C=N–C) groups is 1. The summed E-state index contributed by atoms with van der Waals surface area (Å²) in [4.78, 5) is 14.3. The van der Waals surface area contributed by atoms with E-state index in [1.165, 1.54) is 24.3 Å². The first-order chi connectivity index (χ1) is 12.1. The summed E-state index contributed by atoms with van der Waals surface area (Å²) in [5, 5.41) is 20.0. The van der Waals surface area contributed by atoms with E-state index in [1.54, 1.807) is 31.3 Å². The van der Waals surface area contributed by atoms with Gasteiger partial charge >= 0.3 is 0 Å². The molecule has 0 spiro atoms. The average molecular weight is 345 g/mol. The fourth-order valence-corrected chi connectivity index (χ4v) is 2.10. The number of nitrogens with one attached hydrogen (secondary N) is 3. The van der Waals surface area contributed by atoms with Crippen molar-refractivity contribution >= 4 is 17.3 Å². The quantitative estimate of drug-likeness (QED) is 0.236. The predicted octanol–water partition coefficient (Wildman–Crippen LogP) is 2.51. The van der Waals surface area contributed by atoms with Crippen LogP contribution in [0.1, 0.15) is 5.56 Å². The van der Waals surface area contributed by atoms with Crippen molar-refractivity contribution < 1.29 is 9.31 Å². The zero-order valence-electron chi connectivity index (χ0n) is 13.8. The van der Waals surface area contributed by atoms with E-state index >= 15 is 0 Å². The standard InChI is InChI=1S/C17H20FN5O2/c1-19-17(22-12-13-2-4-14(18)5-3-13)21-11-10-20-15-6-8-16(9-7-15)23(24)25/h2-9,20H,10-12H2,1H3,(H2,19,21,22). The molecule has 0 aliphatic rings. The lowest BCUT2D eigenvalue weighted by molar-refractivity contribution is -0.384. The minimum absolute atomic E-state index is 0.0640. The summed E-state index contributed by atoms with van der Waals surface area (Å²) in [6, 6.07) is 12.5. The summed E-state index contributed by atoms with van der Waals surface area (Å²) >= 11 is 0. The van der Waals surface area contributed by atoms with E-state index in [-0.39, 0.29) is 11.5 Å². The number of nitro groups is 1. The van der Waals surface area contributed by atoms with E-state index < -0.39 is 4.92 Å². The molecule has 0 aliphatic heterocycles. The third kappa shape index (κ3) is 6.09. The molecule has 0 radical (unpaired) electrons. The summed E-state index contributed by atoms with van der Waals surface area (Å²) in [7, 11) is 1.67. The maximum Gasteiger partial charge on any atom is 0.269 e. The van der Waals surface area contributed by atoms with Crippen molar-refractivity contribution in [1.82, 2.24) is 10.6 Å². The molecule has 0 heterocycles. The highest BCUT2D eigenvalue weighted by Gasteiger charge is 2.03. The third-order valence-corrected chi connectivity index (χ3v) is 3.42. The van der Waals surface area contributed by atoms with Crippen LogP contribution in [0, 0.1) is 15.9 Å². The zero-order valence-corrected chi connectivity index (χ0v) is 13.8. The van der Waals surface area contributed by atoms with Crippen LogP contribution in [0.3, 0.4) is 0 Å². The van der Waals surface area contributed by atoms with Gasteiger partial charge in [0, 0.05) is 44.5 Å². The Balaban J connectivity index is 1.70. The van der Waals surface area contributed by atoms with Gasteiger partial charge in [-0.2, -0.15) is 0 Å². The summed E-state index contributed by atoms with van der Waals surface area (Å²) < 4.78 is 12.9. The summed E-state index contributed by atoms with van der Waals surface area (Å²) in [5.41, 5.74) is 1.82. The fourth-order valence-electron chi connectivity index (χ4n) is 2.10. The van der Waals surface area contributed by atoms with Gasteiger partial charge in [-0.1, -0.05) is 12.1 Å². The molecular formula is C17H20FN5O2. The van der Waals surface area contributed by atoms with Crippen LogP contribution in [0.4, 0.5) is 15.8 Å². The van der Waals surface area contributed by atoms with E-state index in [0.717, 1.165) is 11.3 Å². The maximum atomic E-state index is 12.9. The molecule has 2 rings (SSSR count). The van der Waals surface area contributed by atoms with Gasteiger partial charge in [-0.05, 0) is 29.8 Å². The molecular weight excluding hydrogens is 325 g/mol. The Hall–Kier alpha value is -3.16. The van der Waals surface area contributed by atoms with Crippen molar-refractivity contribution in [3.05, 3.63) is 70.0 Å².